The second kappa shape index (κ2) is 4.77. The summed E-state index contributed by atoms with van der Waals surface area (Å²) in [4.78, 5) is 11.1. The molecular formula is C8H15NO2. The van der Waals surface area contributed by atoms with E-state index in [0.717, 1.165) is 0 Å². The Kier molecular flexibility index (Phi) is 4.34. The van der Waals surface area contributed by atoms with Gasteiger partial charge in [0.2, 0.25) is 0 Å². The molecule has 0 aromatic rings. The van der Waals surface area contributed by atoms with Gasteiger partial charge in [0.1, 0.15) is 0 Å². The molecule has 1 N–H and O–H groups in total. The van der Waals surface area contributed by atoms with Gasteiger partial charge in [-0.2, -0.15) is 0 Å². The van der Waals surface area contributed by atoms with Crippen LogP contribution in [-0.2, 0) is 9.53 Å². The summed E-state index contributed by atoms with van der Waals surface area (Å²) in [6, 6.07) is 0.146. The number of carbonyl (C=O) groups excluding carboxylic acids is 1. The topological polar surface area (TPSA) is 38.3 Å². The molecule has 1 amide bonds. The van der Waals surface area contributed by atoms with Crippen molar-refractivity contribution in [2.75, 3.05) is 7.11 Å². The summed E-state index contributed by atoms with van der Waals surface area (Å²) < 4.78 is 4.81. The Morgan fingerprint density at radius 3 is 2.36 bits per heavy atom. The molecule has 11 heavy (non-hydrogen) atoms. The van der Waals surface area contributed by atoms with Crippen molar-refractivity contribution in [1.29, 1.82) is 0 Å². The first-order valence-corrected chi connectivity index (χ1v) is 3.63. The van der Waals surface area contributed by atoms with Crippen LogP contribution in [0.2, 0.25) is 0 Å². The normalized spacial score (nSPS) is 11.5. The van der Waals surface area contributed by atoms with Crippen LogP contribution in [0.3, 0.4) is 0 Å². The molecule has 0 aromatic carbocycles. The third-order valence-corrected chi connectivity index (χ3v) is 1.13. The van der Waals surface area contributed by atoms with E-state index in [-0.39, 0.29) is 11.9 Å². The van der Waals surface area contributed by atoms with Gasteiger partial charge in [-0.1, -0.05) is 0 Å². The van der Waals surface area contributed by atoms with Gasteiger partial charge in [-0.05, 0) is 26.8 Å². The molecule has 0 spiro atoms. The molecule has 0 heterocycles. The number of ether oxygens (including phenoxy) is 1. The zero-order valence-electron chi connectivity index (χ0n) is 7.47. The molecule has 0 aliphatic carbocycles. The fourth-order valence-electron chi connectivity index (χ4n) is 0.675. The van der Waals surface area contributed by atoms with Gasteiger partial charge in [0.15, 0.2) is 5.76 Å². The summed E-state index contributed by atoms with van der Waals surface area (Å²) in [5, 5.41) is 2.71. The molecule has 0 fully saturated rings. The second-order valence-electron chi connectivity index (χ2n) is 2.49. The maximum atomic E-state index is 11.1. The number of carbonyl (C=O) groups is 1. The van der Waals surface area contributed by atoms with Crippen molar-refractivity contribution in [3.63, 3.8) is 0 Å². The molecule has 64 valence electrons. The predicted octanol–water partition coefficient (Wildman–Crippen LogP) is 1.06. The molecule has 0 unspecified atom stereocenters. The third-order valence-electron chi connectivity index (χ3n) is 1.13. The average Bonchev–Trinajstić information content (AvgIpc) is 1.88. The maximum Gasteiger partial charge on any atom is 0.286 e. The zero-order valence-corrected chi connectivity index (χ0v) is 7.47. The van der Waals surface area contributed by atoms with Gasteiger partial charge in [-0.15, -0.1) is 0 Å². The highest BCUT2D eigenvalue weighted by Gasteiger charge is 2.08. The van der Waals surface area contributed by atoms with Crippen molar-refractivity contribution in [2.45, 2.75) is 26.8 Å². The van der Waals surface area contributed by atoms with Crippen LogP contribution >= 0.6 is 0 Å². The number of rotatable bonds is 3. The van der Waals surface area contributed by atoms with E-state index in [1.807, 2.05) is 13.8 Å². The minimum Gasteiger partial charge on any atom is -0.491 e. The van der Waals surface area contributed by atoms with E-state index in [9.17, 15) is 4.79 Å². The molecular weight excluding hydrogens is 142 g/mol. The summed E-state index contributed by atoms with van der Waals surface area (Å²) in [7, 11) is 1.48. The van der Waals surface area contributed by atoms with Crippen LogP contribution < -0.4 is 5.32 Å². The monoisotopic (exact) mass is 157 g/mol. The van der Waals surface area contributed by atoms with Gasteiger partial charge in [-0.25, -0.2) is 0 Å². The first-order valence-electron chi connectivity index (χ1n) is 3.63. The van der Waals surface area contributed by atoms with E-state index in [1.54, 1.807) is 13.0 Å². The summed E-state index contributed by atoms with van der Waals surface area (Å²) in [6.07, 6.45) is 1.64. The van der Waals surface area contributed by atoms with Crippen LogP contribution in [-0.4, -0.2) is 19.1 Å². The Morgan fingerprint density at radius 2 is 2.09 bits per heavy atom. The van der Waals surface area contributed by atoms with Gasteiger partial charge in [0.05, 0.1) is 7.11 Å². The van der Waals surface area contributed by atoms with Crippen molar-refractivity contribution >= 4 is 5.91 Å². The molecule has 0 radical (unpaired) electrons. The lowest BCUT2D eigenvalue weighted by atomic mass is 10.3. The number of allylic oxidation sites excluding steroid dienone is 1. The van der Waals surface area contributed by atoms with E-state index < -0.39 is 0 Å². The molecule has 0 aliphatic heterocycles. The van der Waals surface area contributed by atoms with Gasteiger partial charge >= 0.3 is 0 Å². The average molecular weight is 157 g/mol. The lowest BCUT2D eigenvalue weighted by Gasteiger charge is -2.09. The minimum atomic E-state index is -0.162. The lowest BCUT2D eigenvalue weighted by Crippen LogP contribution is -2.31. The van der Waals surface area contributed by atoms with Crippen LogP contribution in [0.25, 0.3) is 0 Å². The molecule has 3 nitrogen and oxygen atoms in total. The first-order chi connectivity index (χ1) is 5.11. The number of nitrogens with one attached hydrogen (secondary N) is 1. The Balaban J connectivity index is 4.02. The molecule has 0 saturated heterocycles. The molecule has 0 saturated carbocycles. The lowest BCUT2D eigenvalue weighted by molar-refractivity contribution is -0.120. The summed E-state index contributed by atoms with van der Waals surface area (Å²) >= 11 is 0. The van der Waals surface area contributed by atoms with Crippen molar-refractivity contribution < 1.29 is 9.53 Å². The number of hydrogen-bond donors (Lipinski definition) is 1. The van der Waals surface area contributed by atoms with E-state index >= 15 is 0 Å². The fourth-order valence-corrected chi connectivity index (χ4v) is 0.675. The summed E-state index contributed by atoms with van der Waals surface area (Å²) in [6.45, 7) is 5.57. The van der Waals surface area contributed by atoms with Crippen molar-refractivity contribution in [3.05, 3.63) is 11.8 Å². The van der Waals surface area contributed by atoms with Crippen molar-refractivity contribution in [1.82, 2.24) is 5.32 Å². The predicted molar refractivity (Wildman–Crippen MR) is 44.0 cm³/mol. The molecule has 0 aliphatic rings. The fraction of sp³-hybridized carbons (Fsp3) is 0.625. The Labute approximate surface area is 67.4 Å². The number of hydrogen-bond acceptors (Lipinski definition) is 2. The molecule has 3 heteroatoms. The highest BCUT2D eigenvalue weighted by Crippen LogP contribution is 1.94. The SMILES string of the molecule is C/C=C(\OC)C(=O)NC(C)C. The van der Waals surface area contributed by atoms with E-state index in [1.165, 1.54) is 7.11 Å². The largest absolute Gasteiger partial charge is 0.491 e. The molecule has 0 bridgehead atoms. The number of methoxy groups -OCH3 is 1. The van der Waals surface area contributed by atoms with Gasteiger partial charge in [-0.3, -0.25) is 4.79 Å². The Hall–Kier alpha value is -0.990. The van der Waals surface area contributed by atoms with Crippen LogP contribution in [0.4, 0.5) is 0 Å². The van der Waals surface area contributed by atoms with Crippen LogP contribution in [0, 0.1) is 0 Å². The quantitative estimate of drug-likeness (QED) is 0.491. The van der Waals surface area contributed by atoms with Gasteiger partial charge < -0.3 is 10.1 Å². The minimum absolute atomic E-state index is 0.146. The summed E-state index contributed by atoms with van der Waals surface area (Å²) in [5.74, 6) is 0.198. The van der Waals surface area contributed by atoms with E-state index in [0.29, 0.717) is 5.76 Å². The van der Waals surface area contributed by atoms with E-state index in [4.69, 9.17) is 4.74 Å². The van der Waals surface area contributed by atoms with Gasteiger partial charge in [0.25, 0.3) is 5.91 Å². The highest BCUT2D eigenvalue weighted by molar-refractivity contribution is 5.91. The van der Waals surface area contributed by atoms with Crippen molar-refractivity contribution in [2.24, 2.45) is 0 Å². The number of amides is 1. The van der Waals surface area contributed by atoms with Crippen LogP contribution in [0.5, 0.6) is 0 Å². The Morgan fingerprint density at radius 1 is 1.55 bits per heavy atom. The smallest absolute Gasteiger partial charge is 0.286 e. The van der Waals surface area contributed by atoms with E-state index in [2.05, 4.69) is 5.32 Å². The first kappa shape index (κ1) is 10.0. The van der Waals surface area contributed by atoms with Crippen molar-refractivity contribution in [3.8, 4) is 0 Å². The standard InChI is InChI=1S/C8H15NO2/c1-5-7(11-4)8(10)9-6(2)3/h5-6H,1-4H3,(H,9,10)/b7-5-. The van der Waals surface area contributed by atoms with Gasteiger partial charge in [0, 0.05) is 6.04 Å². The zero-order chi connectivity index (χ0) is 8.85. The molecule has 0 atom stereocenters. The Bertz CT molecular complexity index is 161. The summed E-state index contributed by atoms with van der Waals surface area (Å²) in [5.41, 5.74) is 0. The third kappa shape index (κ3) is 3.65. The molecule has 0 rings (SSSR count). The maximum absolute atomic E-state index is 11.1. The second-order valence-corrected chi connectivity index (χ2v) is 2.49. The molecule has 0 aromatic heterocycles. The van der Waals surface area contributed by atoms with Crippen LogP contribution in [0.15, 0.2) is 11.8 Å². The van der Waals surface area contributed by atoms with Crippen LogP contribution in [0.1, 0.15) is 20.8 Å². The highest BCUT2D eigenvalue weighted by atomic mass is 16.5.